The Balaban J connectivity index is 1.75. The van der Waals surface area contributed by atoms with Gasteiger partial charge in [0.1, 0.15) is 24.5 Å². The van der Waals surface area contributed by atoms with Gasteiger partial charge in [-0.25, -0.2) is 14.8 Å². The number of carbonyl (C=O) groups excluding carboxylic acids is 4. The molecule has 4 atom stereocenters. The van der Waals surface area contributed by atoms with E-state index in [0.29, 0.717) is 24.6 Å². The zero-order chi connectivity index (χ0) is 20.3. The van der Waals surface area contributed by atoms with Gasteiger partial charge in [-0.1, -0.05) is 6.92 Å². The quantitative estimate of drug-likeness (QED) is 0.448. The van der Waals surface area contributed by atoms with Crippen molar-refractivity contribution >= 4 is 41.9 Å². The van der Waals surface area contributed by atoms with Crippen LogP contribution in [0.1, 0.15) is 26.2 Å². The van der Waals surface area contributed by atoms with Crippen molar-refractivity contribution in [2.45, 2.75) is 49.6 Å². The van der Waals surface area contributed by atoms with E-state index in [1.807, 2.05) is 16.8 Å². The summed E-state index contributed by atoms with van der Waals surface area (Å²) < 4.78 is 0. The third-order valence-electron chi connectivity index (χ3n) is 5.26. The summed E-state index contributed by atoms with van der Waals surface area (Å²) in [4.78, 5) is 56.7. The monoisotopic (exact) mass is 408 g/mol. The van der Waals surface area contributed by atoms with E-state index in [0.717, 1.165) is 18.8 Å². The molecule has 0 spiro atoms. The maximum Gasteiger partial charge on any atom is 0.271 e. The molecule has 11 heteroatoms. The Morgan fingerprint density at radius 1 is 1.46 bits per heavy atom. The summed E-state index contributed by atoms with van der Waals surface area (Å²) in [5.74, 6) is -0.513. The smallest absolute Gasteiger partial charge is 0.271 e. The van der Waals surface area contributed by atoms with Crippen LogP contribution in [0.25, 0.3) is 0 Å². The van der Waals surface area contributed by atoms with E-state index in [4.69, 9.17) is 5.73 Å². The third kappa shape index (κ3) is 4.26. The fourth-order valence-electron chi connectivity index (χ4n) is 3.89. The Morgan fingerprint density at radius 3 is 2.93 bits per heavy atom. The first-order chi connectivity index (χ1) is 13.4. The number of likely N-dealkylation sites (tertiary alicyclic amines) is 1. The summed E-state index contributed by atoms with van der Waals surface area (Å²) in [6, 6.07) is -2.52. The van der Waals surface area contributed by atoms with Gasteiger partial charge in [0.15, 0.2) is 0 Å². The molecule has 3 aliphatic rings. The van der Waals surface area contributed by atoms with Crippen LogP contribution in [0.15, 0.2) is 9.98 Å². The molecule has 3 aliphatic heterocycles. The highest BCUT2D eigenvalue weighted by atomic mass is 32.2. The Bertz CT molecular complexity index is 724. The minimum Gasteiger partial charge on any atom is -0.368 e. The molecule has 0 aromatic carbocycles. The van der Waals surface area contributed by atoms with E-state index < -0.39 is 29.9 Å². The number of isocyanates is 1. The normalized spacial score (nSPS) is 29.0. The molecular formula is C17H24N6O4S. The van der Waals surface area contributed by atoms with Crippen LogP contribution < -0.4 is 5.73 Å². The number of carbonyl (C=O) groups is 3. The van der Waals surface area contributed by atoms with E-state index in [9.17, 15) is 19.2 Å². The molecule has 0 aromatic rings. The lowest BCUT2D eigenvalue weighted by Gasteiger charge is -2.39. The molecule has 0 saturated carbocycles. The molecule has 3 heterocycles. The Hall–Kier alpha value is -2.23. The average Bonchev–Trinajstić information content (AvgIpc) is 3.28. The van der Waals surface area contributed by atoms with Gasteiger partial charge in [0.05, 0.1) is 0 Å². The number of hydrogen-bond acceptors (Lipinski definition) is 8. The van der Waals surface area contributed by atoms with Crippen molar-refractivity contribution in [2.24, 2.45) is 15.7 Å². The molecule has 28 heavy (non-hydrogen) atoms. The lowest BCUT2D eigenvalue weighted by molar-refractivity contribution is -0.139. The molecule has 2 unspecified atom stereocenters. The van der Waals surface area contributed by atoms with Crippen LogP contribution in [0.4, 0.5) is 0 Å². The highest BCUT2D eigenvalue weighted by molar-refractivity contribution is 7.99. The summed E-state index contributed by atoms with van der Waals surface area (Å²) in [6.45, 7) is 4.00. The summed E-state index contributed by atoms with van der Waals surface area (Å²) in [7, 11) is 0. The highest BCUT2D eigenvalue weighted by Crippen LogP contribution is 2.25. The predicted molar refractivity (Wildman–Crippen MR) is 103 cm³/mol. The molecule has 2 N–H and O–H groups in total. The fraction of sp³-hybridized carbons (Fsp3) is 0.706. The van der Waals surface area contributed by atoms with Crippen LogP contribution in [0.5, 0.6) is 0 Å². The van der Waals surface area contributed by atoms with Crippen molar-refractivity contribution in [3.05, 3.63) is 0 Å². The maximum atomic E-state index is 12.9. The van der Waals surface area contributed by atoms with Crippen molar-refractivity contribution in [2.75, 3.05) is 25.4 Å². The first-order valence-corrected chi connectivity index (χ1v) is 10.4. The number of thioether (sulfide) groups is 1. The third-order valence-corrected chi connectivity index (χ3v) is 6.39. The predicted octanol–water partition coefficient (Wildman–Crippen LogP) is -0.851. The van der Waals surface area contributed by atoms with Gasteiger partial charge in [-0.15, -0.1) is 0 Å². The van der Waals surface area contributed by atoms with E-state index in [1.54, 1.807) is 5.01 Å². The number of rotatable bonds is 6. The van der Waals surface area contributed by atoms with Crippen molar-refractivity contribution in [1.29, 1.82) is 0 Å². The molecule has 2 fully saturated rings. The van der Waals surface area contributed by atoms with Crippen LogP contribution in [-0.2, 0) is 19.2 Å². The van der Waals surface area contributed by atoms with Gasteiger partial charge in [0, 0.05) is 37.1 Å². The molecule has 3 rings (SSSR count). The largest absolute Gasteiger partial charge is 0.368 e. The standard InChI is InChI=1S/C17H24N6O4S/c1-11-8-21(5-6-28-11)23-9-19-16(26)14(23)7-12(20-10-24)17(27)22-4-2-3-13(22)15(18)25/h9,11-14H,2-8H2,1H3,(H2,18,25)/t11?,12-,13-,14?/m0/s1. The van der Waals surface area contributed by atoms with E-state index >= 15 is 0 Å². The number of aliphatic imine (C=N–C) groups is 2. The van der Waals surface area contributed by atoms with Gasteiger partial charge >= 0.3 is 0 Å². The topological polar surface area (TPSA) is 129 Å². The summed E-state index contributed by atoms with van der Waals surface area (Å²) >= 11 is 1.86. The zero-order valence-electron chi connectivity index (χ0n) is 15.7. The SMILES string of the molecule is CC1CN(N2C=NC(=O)C2C[C@H](N=C=O)C(=O)N2CCC[C@H]2C(N)=O)CCS1. The minimum atomic E-state index is -1.10. The van der Waals surface area contributed by atoms with Crippen LogP contribution in [0.3, 0.4) is 0 Å². The zero-order valence-corrected chi connectivity index (χ0v) is 16.5. The molecule has 152 valence electrons. The first kappa shape index (κ1) is 20.5. The average molecular weight is 408 g/mol. The number of nitrogens with two attached hydrogens (primary N) is 1. The van der Waals surface area contributed by atoms with E-state index in [1.165, 1.54) is 17.3 Å². The van der Waals surface area contributed by atoms with Crippen LogP contribution >= 0.6 is 11.8 Å². The van der Waals surface area contributed by atoms with E-state index in [2.05, 4.69) is 16.9 Å². The number of primary amides is 1. The van der Waals surface area contributed by atoms with Gasteiger partial charge in [0.2, 0.25) is 17.9 Å². The maximum absolute atomic E-state index is 12.9. The van der Waals surface area contributed by atoms with Crippen molar-refractivity contribution in [3.8, 4) is 0 Å². The highest BCUT2D eigenvalue weighted by Gasteiger charge is 2.41. The second-order valence-corrected chi connectivity index (χ2v) is 8.68. The molecule has 3 amide bonds. The first-order valence-electron chi connectivity index (χ1n) is 9.32. The Morgan fingerprint density at radius 2 is 2.25 bits per heavy atom. The number of amides is 3. The number of nitrogens with zero attached hydrogens (tertiary/aromatic N) is 5. The van der Waals surface area contributed by atoms with Crippen LogP contribution in [0, 0.1) is 0 Å². The molecule has 2 saturated heterocycles. The van der Waals surface area contributed by atoms with Gasteiger partial charge in [0.25, 0.3) is 5.91 Å². The van der Waals surface area contributed by atoms with Crippen molar-refractivity contribution < 1.29 is 19.2 Å². The lowest BCUT2D eigenvalue weighted by atomic mass is 10.0. The van der Waals surface area contributed by atoms with Crippen LogP contribution in [-0.4, -0.2) is 93.8 Å². The lowest BCUT2D eigenvalue weighted by Crippen LogP contribution is -2.54. The van der Waals surface area contributed by atoms with Gasteiger partial charge in [-0.2, -0.15) is 16.8 Å². The number of hydrazine groups is 1. The van der Waals surface area contributed by atoms with Crippen LogP contribution in [0.2, 0.25) is 0 Å². The number of hydrogen-bond donors (Lipinski definition) is 1. The van der Waals surface area contributed by atoms with E-state index in [-0.39, 0.29) is 12.3 Å². The molecular weight excluding hydrogens is 384 g/mol. The molecule has 0 radical (unpaired) electrons. The molecule has 0 aliphatic carbocycles. The second-order valence-electron chi connectivity index (χ2n) is 7.14. The van der Waals surface area contributed by atoms with Gasteiger partial charge in [-0.05, 0) is 12.8 Å². The van der Waals surface area contributed by atoms with Crippen molar-refractivity contribution in [1.82, 2.24) is 14.9 Å². The summed E-state index contributed by atoms with van der Waals surface area (Å²) in [5, 5.41) is 4.19. The Kier molecular flexibility index (Phi) is 6.48. The second kappa shape index (κ2) is 8.85. The fourth-order valence-corrected chi connectivity index (χ4v) is 4.88. The minimum absolute atomic E-state index is 0.00703. The molecule has 10 nitrogen and oxygen atoms in total. The summed E-state index contributed by atoms with van der Waals surface area (Å²) in [6.07, 6.45) is 4.04. The summed E-state index contributed by atoms with van der Waals surface area (Å²) in [5.41, 5.74) is 5.39. The Labute approximate surface area is 167 Å². The molecule has 0 bridgehead atoms. The van der Waals surface area contributed by atoms with Gasteiger partial charge < -0.3 is 10.6 Å². The van der Waals surface area contributed by atoms with Crippen molar-refractivity contribution in [3.63, 3.8) is 0 Å². The van der Waals surface area contributed by atoms with Gasteiger partial charge in [-0.3, -0.25) is 19.4 Å². The molecule has 0 aromatic heterocycles.